The van der Waals surface area contributed by atoms with Crippen LogP contribution in [0.5, 0.6) is 0 Å². The summed E-state index contributed by atoms with van der Waals surface area (Å²) in [5.41, 5.74) is -1.57. The van der Waals surface area contributed by atoms with E-state index in [-0.39, 0.29) is 18.8 Å². The van der Waals surface area contributed by atoms with Gasteiger partial charge in [0, 0.05) is 25.2 Å². The van der Waals surface area contributed by atoms with Crippen LogP contribution < -0.4 is 10.6 Å². The molecule has 1 amide bonds. The number of benzene rings is 1. The van der Waals surface area contributed by atoms with Gasteiger partial charge in [-0.1, -0.05) is 0 Å². The fraction of sp³-hybridized carbons (Fsp3) is 0.500. The van der Waals surface area contributed by atoms with E-state index in [2.05, 4.69) is 10.6 Å². The number of amides is 1. The van der Waals surface area contributed by atoms with E-state index in [4.69, 9.17) is 4.74 Å². The Morgan fingerprint density at radius 1 is 1.26 bits per heavy atom. The highest BCUT2D eigenvalue weighted by Gasteiger charge is 2.18. The van der Waals surface area contributed by atoms with E-state index in [1.807, 2.05) is 0 Å². The minimum Gasteiger partial charge on any atom is -0.444 e. The number of nitro groups is 1. The maximum Gasteiger partial charge on any atom is 0.407 e. The van der Waals surface area contributed by atoms with Crippen LogP contribution in [0.2, 0.25) is 0 Å². The largest absolute Gasteiger partial charge is 0.444 e. The normalized spacial score (nSPS) is 11.0. The lowest BCUT2D eigenvalue weighted by molar-refractivity contribution is -0.387. The molecule has 1 aromatic carbocycles. The lowest BCUT2D eigenvalue weighted by Crippen LogP contribution is -2.33. The number of nitro benzene ring substituents is 1. The van der Waals surface area contributed by atoms with Crippen LogP contribution in [0.25, 0.3) is 0 Å². The SMILES string of the molecule is CC(C)(C)OC(=O)NCCCNc1cc([N+](=O)[O-])c(F)cc1F. The van der Waals surface area contributed by atoms with E-state index in [0.29, 0.717) is 12.5 Å². The smallest absolute Gasteiger partial charge is 0.407 e. The average Bonchev–Trinajstić information content (AvgIpc) is 2.38. The summed E-state index contributed by atoms with van der Waals surface area (Å²) in [7, 11) is 0. The second-order valence-electron chi connectivity index (χ2n) is 5.75. The topological polar surface area (TPSA) is 93.5 Å². The van der Waals surface area contributed by atoms with Crippen LogP contribution >= 0.6 is 0 Å². The molecule has 9 heteroatoms. The van der Waals surface area contributed by atoms with Crippen LogP contribution in [-0.4, -0.2) is 29.7 Å². The molecule has 1 aromatic rings. The lowest BCUT2D eigenvalue weighted by atomic mass is 10.2. The zero-order valence-corrected chi connectivity index (χ0v) is 13.1. The van der Waals surface area contributed by atoms with Crippen molar-refractivity contribution in [1.82, 2.24) is 5.32 Å². The van der Waals surface area contributed by atoms with Crippen LogP contribution in [0.1, 0.15) is 27.2 Å². The Hall–Kier alpha value is -2.45. The molecule has 23 heavy (non-hydrogen) atoms. The van der Waals surface area contributed by atoms with Crippen molar-refractivity contribution in [3.05, 3.63) is 33.9 Å². The van der Waals surface area contributed by atoms with Gasteiger partial charge >= 0.3 is 11.8 Å². The van der Waals surface area contributed by atoms with Gasteiger partial charge < -0.3 is 15.4 Å². The Morgan fingerprint density at radius 2 is 1.91 bits per heavy atom. The molecule has 0 spiro atoms. The second-order valence-corrected chi connectivity index (χ2v) is 5.75. The van der Waals surface area contributed by atoms with E-state index < -0.39 is 33.9 Å². The van der Waals surface area contributed by atoms with Gasteiger partial charge in [0.2, 0.25) is 5.82 Å². The predicted octanol–water partition coefficient (Wildman–Crippen LogP) is 3.20. The zero-order valence-electron chi connectivity index (χ0n) is 13.1. The number of alkyl carbamates (subject to hydrolysis) is 1. The number of carbonyl (C=O) groups excluding carboxylic acids is 1. The van der Waals surface area contributed by atoms with Gasteiger partial charge in [-0.15, -0.1) is 0 Å². The first kappa shape index (κ1) is 18.6. The van der Waals surface area contributed by atoms with Crippen LogP contribution in [0.3, 0.4) is 0 Å². The molecule has 0 heterocycles. The molecule has 0 aliphatic heterocycles. The van der Waals surface area contributed by atoms with Gasteiger partial charge in [-0.2, -0.15) is 4.39 Å². The van der Waals surface area contributed by atoms with Gasteiger partial charge in [-0.25, -0.2) is 9.18 Å². The quantitative estimate of drug-likeness (QED) is 0.474. The molecule has 0 bridgehead atoms. The fourth-order valence-electron chi connectivity index (χ4n) is 1.63. The van der Waals surface area contributed by atoms with Crippen LogP contribution in [0.4, 0.5) is 25.0 Å². The Labute approximate surface area is 132 Å². The molecule has 0 atom stereocenters. The van der Waals surface area contributed by atoms with Crippen molar-refractivity contribution in [2.24, 2.45) is 0 Å². The van der Waals surface area contributed by atoms with Crippen molar-refractivity contribution in [2.45, 2.75) is 32.8 Å². The lowest BCUT2D eigenvalue weighted by Gasteiger charge is -2.19. The first-order valence-corrected chi connectivity index (χ1v) is 6.94. The Kier molecular flexibility index (Phi) is 6.23. The summed E-state index contributed by atoms with van der Waals surface area (Å²) in [5, 5.41) is 15.7. The Bertz CT molecular complexity index is 588. The maximum atomic E-state index is 13.5. The first-order valence-electron chi connectivity index (χ1n) is 6.94. The number of hydrogen-bond donors (Lipinski definition) is 2. The maximum absolute atomic E-state index is 13.5. The van der Waals surface area contributed by atoms with E-state index >= 15 is 0 Å². The molecular formula is C14H19F2N3O4. The molecule has 0 unspecified atom stereocenters. The molecule has 0 fully saturated rings. The van der Waals surface area contributed by atoms with Gasteiger partial charge in [0.25, 0.3) is 0 Å². The van der Waals surface area contributed by atoms with Crippen molar-refractivity contribution < 1.29 is 23.2 Å². The zero-order chi connectivity index (χ0) is 17.6. The number of nitrogens with zero attached hydrogens (tertiary/aromatic N) is 1. The van der Waals surface area contributed by atoms with Crippen molar-refractivity contribution >= 4 is 17.5 Å². The number of ether oxygens (including phenoxy) is 1. The molecule has 2 N–H and O–H groups in total. The average molecular weight is 331 g/mol. The van der Waals surface area contributed by atoms with Crippen LogP contribution in [0.15, 0.2) is 12.1 Å². The summed E-state index contributed by atoms with van der Waals surface area (Å²) in [6.45, 7) is 5.71. The van der Waals surface area contributed by atoms with Crippen molar-refractivity contribution in [3.8, 4) is 0 Å². The molecule has 1 rings (SSSR count). The third-order valence-corrected chi connectivity index (χ3v) is 2.57. The molecule has 0 radical (unpaired) electrons. The molecular weight excluding hydrogens is 312 g/mol. The van der Waals surface area contributed by atoms with E-state index in [9.17, 15) is 23.7 Å². The molecule has 128 valence electrons. The van der Waals surface area contributed by atoms with Crippen molar-refractivity contribution in [2.75, 3.05) is 18.4 Å². The number of anilines is 1. The van der Waals surface area contributed by atoms with Crippen LogP contribution in [0, 0.1) is 21.7 Å². The Morgan fingerprint density at radius 3 is 2.48 bits per heavy atom. The highest BCUT2D eigenvalue weighted by molar-refractivity contribution is 5.67. The standard InChI is InChI=1S/C14H19F2N3O4/c1-14(2,3)23-13(20)18-6-4-5-17-11-8-12(19(21)22)10(16)7-9(11)15/h7-8,17H,4-6H2,1-3H3,(H,18,20). The predicted molar refractivity (Wildman–Crippen MR) is 80.4 cm³/mol. The van der Waals surface area contributed by atoms with Crippen molar-refractivity contribution in [3.63, 3.8) is 0 Å². The van der Waals surface area contributed by atoms with Gasteiger partial charge in [-0.3, -0.25) is 10.1 Å². The first-order chi connectivity index (χ1) is 10.6. The summed E-state index contributed by atoms with van der Waals surface area (Å²) in [4.78, 5) is 21.1. The van der Waals surface area contributed by atoms with Gasteiger partial charge in [0.05, 0.1) is 10.6 Å². The van der Waals surface area contributed by atoms with E-state index in [1.165, 1.54) is 0 Å². The van der Waals surface area contributed by atoms with Crippen molar-refractivity contribution in [1.29, 1.82) is 0 Å². The Balaban J connectivity index is 2.43. The molecule has 0 saturated carbocycles. The van der Waals surface area contributed by atoms with E-state index in [1.54, 1.807) is 20.8 Å². The van der Waals surface area contributed by atoms with Gasteiger partial charge in [-0.05, 0) is 27.2 Å². The molecule has 0 saturated heterocycles. The van der Waals surface area contributed by atoms with E-state index in [0.717, 1.165) is 6.07 Å². The highest BCUT2D eigenvalue weighted by atomic mass is 19.1. The number of rotatable bonds is 6. The third-order valence-electron chi connectivity index (χ3n) is 2.57. The summed E-state index contributed by atoms with van der Waals surface area (Å²) in [6, 6.07) is 1.26. The number of carbonyl (C=O) groups is 1. The monoisotopic (exact) mass is 331 g/mol. The summed E-state index contributed by atoms with van der Waals surface area (Å²) < 4.78 is 31.7. The molecule has 7 nitrogen and oxygen atoms in total. The molecule has 0 aliphatic carbocycles. The number of nitrogens with one attached hydrogen (secondary N) is 2. The third kappa shape index (κ3) is 6.45. The van der Waals surface area contributed by atoms with Crippen LogP contribution in [-0.2, 0) is 4.74 Å². The van der Waals surface area contributed by atoms with Gasteiger partial charge in [0.1, 0.15) is 11.4 Å². The molecule has 0 aliphatic rings. The summed E-state index contributed by atoms with van der Waals surface area (Å²) >= 11 is 0. The second kappa shape index (κ2) is 7.70. The minimum absolute atomic E-state index is 0.171. The fourth-order valence-corrected chi connectivity index (χ4v) is 1.63. The summed E-state index contributed by atoms with van der Waals surface area (Å²) in [5.74, 6) is -2.15. The minimum atomic E-state index is -1.23. The number of hydrogen-bond acceptors (Lipinski definition) is 5. The number of halogens is 2. The molecule has 0 aromatic heterocycles. The summed E-state index contributed by atoms with van der Waals surface area (Å²) in [6.07, 6.45) is -0.148. The highest BCUT2D eigenvalue weighted by Crippen LogP contribution is 2.24. The van der Waals surface area contributed by atoms with Gasteiger partial charge in [0.15, 0.2) is 0 Å².